The Kier molecular flexibility index (Phi) is 7.25. The summed E-state index contributed by atoms with van der Waals surface area (Å²) in [5.41, 5.74) is 20.4. The van der Waals surface area contributed by atoms with Gasteiger partial charge in [-0.2, -0.15) is 0 Å². The zero-order chi connectivity index (χ0) is 28.0. The van der Waals surface area contributed by atoms with E-state index in [1.54, 1.807) is 0 Å². The molecular formula is C36H46N4Pt. The molecule has 8 heterocycles. The summed E-state index contributed by atoms with van der Waals surface area (Å²) >= 11 is 0. The molecule has 0 aromatic carbocycles. The molecule has 5 heteroatoms. The summed E-state index contributed by atoms with van der Waals surface area (Å²) in [5, 5.41) is 0. The van der Waals surface area contributed by atoms with Gasteiger partial charge >= 0.3 is 0 Å². The molecular weight excluding hydrogens is 684 g/mol. The predicted octanol–water partition coefficient (Wildman–Crippen LogP) is 9.22. The largest absolute Gasteiger partial charge is 0.256 e. The second kappa shape index (κ2) is 10.4. The second-order valence-corrected chi connectivity index (χ2v) is 12.0. The van der Waals surface area contributed by atoms with Gasteiger partial charge in [0, 0.05) is 44.3 Å². The monoisotopic (exact) mass is 729 g/mol. The summed E-state index contributed by atoms with van der Waals surface area (Å²) in [4.78, 5) is 0. The molecule has 0 aliphatic carbocycles. The van der Waals surface area contributed by atoms with Crippen LogP contribution in [0.5, 0.6) is 0 Å². The van der Waals surface area contributed by atoms with E-state index >= 15 is 0 Å². The Balaban J connectivity index is 0.00000302. The van der Waals surface area contributed by atoms with Gasteiger partial charge in [0.25, 0.3) is 0 Å². The molecule has 41 heavy (non-hydrogen) atoms. The molecule has 3 aliphatic heterocycles. The van der Waals surface area contributed by atoms with Crippen molar-refractivity contribution >= 4 is 33.1 Å². The fourth-order valence-corrected chi connectivity index (χ4v) is 8.96. The maximum Gasteiger partial charge on any atom is 0.0694 e. The van der Waals surface area contributed by atoms with Crippen LogP contribution in [0.15, 0.2) is 24.3 Å². The summed E-state index contributed by atoms with van der Waals surface area (Å²) in [6.45, 7) is 18.9. The van der Waals surface area contributed by atoms with Crippen LogP contribution in [-0.2, 0) is 59.6 Å². The van der Waals surface area contributed by atoms with Gasteiger partial charge in [0.05, 0.1) is 33.1 Å². The number of nitrogens with zero attached hydrogens (tertiary/aromatic N) is 4. The Morgan fingerprint density at radius 2 is 0.707 bits per heavy atom. The zero-order valence-corrected chi connectivity index (χ0v) is 28.5. The minimum absolute atomic E-state index is 0. The van der Waals surface area contributed by atoms with Gasteiger partial charge in [-0.1, -0.05) is 55.4 Å². The Bertz CT molecular complexity index is 1770. The minimum Gasteiger partial charge on any atom is -0.256 e. The van der Waals surface area contributed by atoms with Gasteiger partial charge in [0.1, 0.15) is 0 Å². The van der Waals surface area contributed by atoms with E-state index in [9.17, 15) is 0 Å². The molecule has 5 aromatic rings. The smallest absolute Gasteiger partial charge is 0.0694 e. The molecule has 0 saturated carbocycles. The predicted molar refractivity (Wildman–Crippen MR) is 170 cm³/mol. The van der Waals surface area contributed by atoms with E-state index in [2.05, 4.69) is 98.0 Å². The molecule has 0 fully saturated rings. The van der Waals surface area contributed by atoms with Gasteiger partial charge in [-0.25, -0.2) is 13.7 Å². The molecule has 0 radical (unpaired) electrons. The molecule has 5 aromatic heterocycles. The molecule has 0 saturated heterocycles. The van der Waals surface area contributed by atoms with Gasteiger partial charge in [-0.15, -0.1) is 0 Å². The molecule has 2 atom stereocenters. The van der Waals surface area contributed by atoms with E-state index in [-0.39, 0.29) is 21.1 Å². The van der Waals surface area contributed by atoms with E-state index in [0.717, 1.165) is 51.4 Å². The van der Waals surface area contributed by atoms with E-state index in [1.807, 2.05) is 0 Å². The first-order valence-electron chi connectivity index (χ1n) is 16.3. The fourth-order valence-electron chi connectivity index (χ4n) is 8.96. The number of aryl methyl sites for hydroxylation is 6. The molecule has 220 valence electrons. The standard InChI is InChI=1S/C36H46N4.Pt/c1-9-21-22(10-2)30-18-32-25(13-5)28(16-8)36-20-34-27(15-7)26(14-6)33-19-35-24(12-4)23(11-3)31(39(35)40(32)36)17-29(21)37(30)38(33)34;/h17-22H,9-16H2,1-8H3;. The second-order valence-electron chi connectivity index (χ2n) is 12.0. The maximum atomic E-state index is 2.69. The van der Waals surface area contributed by atoms with Crippen LogP contribution in [0.25, 0.3) is 33.1 Å². The average molecular weight is 730 g/mol. The van der Waals surface area contributed by atoms with E-state index < -0.39 is 0 Å². The van der Waals surface area contributed by atoms with E-state index in [0.29, 0.717) is 11.8 Å². The van der Waals surface area contributed by atoms with Gasteiger partial charge in [-0.05, 0) is 109 Å². The Morgan fingerprint density at radius 1 is 0.415 bits per heavy atom. The summed E-state index contributed by atoms with van der Waals surface area (Å²) in [6.07, 6.45) is 8.60. The van der Waals surface area contributed by atoms with Crippen molar-refractivity contribution in [3.05, 3.63) is 69.0 Å². The Hall–Kier alpha value is -2.45. The molecule has 3 aliphatic rings. The van der Waals surface area contributed by atoms with Gasteiger partial charge < -0.3 is 0 Å². The van der Waals surface area contributed by atoms with Crippen LogP contribution in [0.2, 0.25) is 0 Å². The van der Waals surface area contributed by atoms with Gasteiger partial charge in [0.15, 0.2) is 0 Å². The number of rotatable bonds is 8. The third-order valence-corrected chi connectivity index (χ3v) is 10.6. The van der Waals surface area contributed by atoms with Crippen molar-refractivity contribution in [1.82, 2.24) is 18.4 Å². The summed E-state index contributed by atoms with van der Waals surface area (Å²) in [6, 6.07) is 10.4. The first-order chi connectivity index (χ1) is 19.5. The molecule has 0 spiro atoms. The summed E-state index contributed by atoms with van der Waals surface area (Å²) < 4.78 is 10.6. The number of aromatic nitrogens is 4. The van der Waals surface area contributed by atoms with Crippen molar-refractivity contribution < 1.29 is 21.1 Å². The minimum atomic E-state index is 0. The molecule has 4 nitrogen and oxygen atoms in total. The first-order valence-corrected chi connectivity index (χ1v) is 16.3. The van der Waals surface area contributed by atoms with Crippen LogP contribution < -0.4 is 0 Å². The van der Waals surface area contributed by atoms with Crippen molar-refractivity contribution in [3.8, 4) is 0 Å². The van der Waals surface area contributed by atoms with Gasteiger partial charge in [-0.3, -0.25) is 4.68 Å². The third-order valence-electron chi connectivity index (χ3n) is 10.6. The third kappa shape index (κ3) is 3.43. The normalized spacial score (nSPS) is 16.9. The van der Waals surface area contributed by atoms with Crippen LogP contribution in [-0.4, -0.2) is 18.4 Å². The molecule has 0 N–H and O–H groups in total. The molecule has 12 bridgehead atoms. The summed E-state index contributed by atoms with van der Waals surface area (Å²) in [5.74, 6) is 1.01. The van der Waals surface area contributed by atoms with Crippen LogP contribution in [0.1, 0.15) is 125 Å². The SMILES string of the molecule is CCc1c(CC)c2cc3c(CC)c(CC)c4cc5n6c(cc7c(CC)c(CC)c(cc1n2-6)n7n43)C(CC)C5CC.[Pt]. The van der Waals surface area contributed by atoms with Crippen molar-refractivity contribution in [2.75, 3.05) is 0 Å². The Morgan fingerprint density at radius 3 is 1.00 bits per heavy atom. The topological polar surface area (TPSA) is 18.7 Å². The molecule has 0 amide bonds. The molecule has 2 unspecified atom stereocenters. The zero-order valence-electron chi connectivity index (χ0n) is 26.2. The van der Waals surface area contributed by atoms with Crippen molar-refractivity contribution in [1.29, 1.82) is 0 Å². The number of hydrogen-bond acceptors (Lipinski definition) is 0. The van der Waals surface area contributed by atoms with E-state index in [1.165, 1.54) is 77.9 Å². The van der Waals surface area contributed by atoms with Crippen LogP contribution >= 0.6 is 0 Å². The van der Waals surface area contributed by atoms with E-state index in [4.69, 9.17) is 0 Å². The van der Waals surface area contributed by atoms with Crippen LogP contribution in [0.3, 0.4) is 0 Å². The summed E-state index contributed by atoms with van der Waals surface area (Å²) in [7, 11) is 0. The first kappa shape index (κ1) is 28.7. The Labute approximate surface area is 259 Å². The van der Waals surface area contributed by atoms with Crippen molar-refractivity contribution in [3.63, 3.8) is 0 Å². The van der Waals surface area contributed by atoms with Crippen LogP contribution in [0, 0.1) is 0 Å². The van der Waals surface area contributed by atoms with Crippen LogP contribution in [0.4, 0.5) is 0 Å². The van der Waals surface area contributed by atoms with Crippen molar-refractivity contribution in [2.45, 2.75) is 119 Å². The fraction of sp³-hybridized carbons (Fsp3) is 0.500. The maximum absolute atomic E-state index is 2.69. The number of hydrogen-bond donors (Lipinski definition) is 0. The average Bonchev–Trinajstić information content (AvgIpc) is 3.66. The quantitative estimate of drug-likeness (QED) is 0.149. The molecule has 8 rings (SSSR count). The van der Waals surface area contributed by atoms with Crippen molar-refractivity contribution in [2.24, 2.45) is 0 Å². The van der Waals surface area contributed by atoms with Gasteiger partial charge in [0.2, 0.25) is 0 Å².